The molecule has 0 bridgehead atoms. The van der Waals surface area contributed by atoms with Gasteiger partial charge in [0.25, 0.3) is 5.91 Å². The molecule has 0 saturated heterocycles. The van der Waals surface area contributed by atoms with Gasteiger partial charge in [-0.2, -0.15) is 0 Å². The highest BCUT2D eigenvalue weighted by molar-refractivity contribution is 6.31. The Hall–Kier alpha value is -3.20. The second kappa shape index (κ2) is 13.6. The van der Waals surface area contributed by atoms with Crippen molar-refractivity contribution in [3.05, 3.63) is 76.3 Å². The summed E-state index contributed by atoms with van der Waals surface area (Å²) in [5.74, 6) is -0.844. The van der Waals surface area contributed by atoms with E-state index in [0.717, 1.165) is 16.7 Å². The molecular weight excluding hydrogens is 540 g/mol. The number of nitrogens with two attached hydrogens (primary N) is 1. The number of carbonyl (C=O) groups excluding carboxylic acids is 3. The molecule has 0 aromatic heterocycles. The van der Waals surface area contributed by atoms with Crippen LogP contribution in [0.2, 0.25) is 5.02 Å². The number of hydrogen-bond acceptors (Lipinski definition) is 5. The van der Waals surface area contributed by atoms with Gasteiger partial charge >= 0.3 is 0 Å². The molecule has 3 amide bonds. The normalized spacial score (nSPS) is 15.7. The number of carbonyl (C=O) groups is 3. The van der Waals surface area contributed by atoms with E-state index in [1.807, 2.05) is 56.4 Å². The Morgan fingerprint density at radius 2 is 1.68 bits per heavy atom. The summed E-state index contributed by atoms with van der Waals surface area (Å²) in [7, 11) is 1.82. The number of halogens is 1. The van der Waals surface area contributed by atoms with E-state index < -0.39 is 23.0 Å². The molecule has 0 unspecified atom stereocenters. The summed E-state index contributed by atoms with van der Waals surface area (Å²) < 4.78 is 5.91. The number of nitrogens with one attached hydrogen (secondary N) is 1. The number of rotatable bonds is 13. The summed E-state index contributed by atoms with van der Waals surface area (Å²) in [4.78, 5) is 44.1. The van der Waals surface area contributed by atoms with Crippen LogP contribution < -0.4 is 11.1 Å². The van der Waals surface area contributed by atoms with E-state index in [2.05, 4.69) is 19.2 Å². The summed E-state index contributed by atoms with van der Waals surface area (Å²) in [6.45, 7) is 10.0. The first kappa shape index (κ1) is 32.3. The molecule has 8 nitrogen and oxygen atoms in total. The number of likely N-dealkylation sites (N-methyl/N-ethyl adjacent to an activating group) is 2. The van der Waals surface area contributed by atoms with Crippen molar-refractivity contribution in [2.24, 2.45) is 5.73 Å². The standard InChI is InChI=1S/C32H43ClN4O4/c1-7-32(8-2)25(27(29(39)36(32)6)23-15-17-24(33)18-16-23)19-37(9-3)28(38)26(35-30(40)31(4,5)34)21-41-20-22-13-11-10-12-14-22/h10-18,26H,7-9,19-21,34H2,1-6H3,(H,35,40)/t26-/m1/s1. The largest absolute Gasteiger partial charge is 0.374 e. The highest BCUT2D eigenvalue weighted by Crippen LogP contribution is 2.44. The minimum atomic E-state index is -1.18. The topological polar surface area (TPSA) is 105 Å². The fourth-order valence-corrected chi connectivity index (χ4v) is 5.49. The number of ether oxygens (including phenoxy) is 1. The Bertz CT molecular complexity index is 1250. The molecular formula is C32H43ClN4O4. The van der Waals surface area contributed by atoms with Crippen molar-refractivity contribution in [1.82, 2.24) is 15.1 Å². The predicted octanol–water partition coefficient (Wildman–Crippen LogP) is 4.41. The molecule has 1 aliphatic heterocycles. The van der Waals surface area contributed by atoms with E-state index in [1.54, 1.807) is 35.8 Å². The van der Waals surface area contributed by atoms with Gasteiger partial charge in [0, 0.05) is 25.2 Å². The molecule has 3 rings (SSSR count). The maximum atomic E-state index is 14.1. The lowest BCUT2D eigenvalue weighted by Gasteiger charge is -2.39. The monoisotopic (exact) mass is 582 g/mol. The zero-order valence-electron chi connectivity index (χ0n) is 25.0. The van der Waals surface area contributed by atoms with Gasteiger partial charge in [0.05, 0.1) is 29.9 Å². The highest BCUT2D eigenvalue weighted by Gasteiger charge is 2.48. The van der Waals surface area contributed by atoms with E-state index in [4.69, 9.17) is 22.1 Å². The van der Waals surface area contributed by atoms with Gasteiger partial charge in [-0.25, -0.2) is 0 Å². The van der Waals surface area contributed by atoms with E-state index >= 15 is 0 Å². The lowest BCUT2D eigenvalue weighted by molar-refractivity contribution is -0.139. The van der Waals surface area contributed by atoms with Gasteiger partial charge in [-0.1, -0.05) is 67.9 Å². The smallest absolute Gasteiger partial charge is 0.255 e. The van der Waals surface area contributed by atoms with Crippen LogP contribution in [0.15, 0.2) is 60.2 Å². The molecule has 1 atom stereocenters. The molecule has 0 spiro atoms. The summed E-state index contributed by atoms with van der Waals surface area (Å²) in [6, 6.07) is 15.9. The molecule has 1 aliphatic rings. The molecule has 9 heteroatoms. The fraction of sp³-hybridized carbons (Fsp3) is 0.469. The zero-order valence-corrected chi connectivity index (χ0v) is 25.8. The van der Waals surface area contributed by atoms with Crippen LogP contribution in [0.1, 0.15) is 58.6 Å². The van der Waals surface area contributed by atoms with E-state index in [0.29, 0.717) is 36.6 Å². The second-order valence-corrected chi connectivity index (χ2v) is 11.5. The average Bonchev–Trinajstić information content (AvgIpc) is 3.16. The zero-order chi connectivity index (χ0) is 30.4. The van der Waals surface area contributed by atoms with Gasteiger partial charge in [-0.15, -0.1) is 0 Å². The molecule has 0 saturated carbocycles. The molecule has 0 radical (unpaired) electrons. The highest BCUT2D eigenvalue weighted by atomic mass is 35.5. The van der Waals surface area contributed by atoms with Crippen LogP contribution in [0.25, 0.3) is 5.57 Å². The van der Waals surface area contributed by atoms with Gasteiger partial charge in [0.2, 0.25) is 11.8 Å². The number of hydrogen-bond donors (Lipinski definition) is 2. The first-order chi connectivity index (χ1) is 19.4. The van der Waals surface area contributed by atoms with Crippen molar-refractivity contribution in [3.63, 3.8) is 0 Å². The van der Waals surface area contributed by atoms with Crippen LogP contribution in [-0.2, 0) is 25.7 Å². The molecule has 222 valence electrons. The molecule has 3 N–H and O–H groups in total. The predicted molar refractivity (Wildman–Crippen MR) is 163 cm³/mol. The quantitative estimate of drug-likeness (QED) is 0.364. The van der Waals surface area contributed by atoms with Crippen LogP contribution in [0.3, 0.4) is 0 Å². The molecule has 1 heterocycles. The molecule has 0 aliphatic carbocycles. The van der Waals surface area contributed by atoms with Crippen LogP contribution in [0.5, 0.6) is 0 Å². The third-order valence-corrected chi connectivity index (χ3v) is 8.21. The molecule has 2 aromatic rings. The Morgan fingerprint density at radius 3 is 2.22 bits per heavy atom. The Labute approximate surface area is 248 Å². The van der Waals surface area contributed by atoms with Gasteiger partial charge in [-0.05, 0) is 62.4 Å². The van der Waals surface area contributed by atoms with Crippen molar-refractivity contribution < 1.29 is 19.1 Å². The van der Waals surface area contributed by atoms with Crippen LogP contribution in [0, 0.1) is 0 Å². The third-order valence-electron chi connectivity index (χ3n) is 7.95. The van der Waals surface area contributed by atoms with Gasteiger partial charge in [-0.3, -0.25) is 14.4 Å². The molecule has 2 aromatic carbocycles. The fourth-order valence-electron chi connectivity index (χ4n) is 5.36. The van der Waals surface area contributed by atoms with Crippen LogP contribution in [0.4, 0.5) is 0 Å². The van der Waals surface area contributed by atoms with Gasteiger partial charge < -0.3 is 25.6 Å². The van der Waals surface area contributed by atoms with Crippen molar-refractivity contribution in [2.45, 2.75) is 71.2 Å². The minimum Gasteiger partial charge on any atom is -0.374 e. The lowest BCUT2D eigenvalue weighted by Crippen LogP contribution is -2.58. The average molecular weight is 583 g/mol. The Balaban J connectivity index is 1.97. The van der Waals surface area contributed by atoms with Gasteiger partial charge in [0.1, 0.15) is 6.04 Å². The van der Waals surface area contributed by atoms with E-state index in [-0.39, 0.29) is 25.0 Å². The lowest BCUT2D eigenvalue weighted by atomic mass is 9.82. The van der Waals surface area contributed by atoms with E-state index in [9.17, 15) is 14.4 Å². The summed E-state index contributed by atoms with van der Waals surface area (Å²) in [6.07, 6.45) is 1.37. The molecule has 0 fully saturated rings. The van der Waals surface area contributed by atoms with Gasteiger partial charge in [0.15, 0.2) is 0 Å². The Kier molecular flexibility index (Phi) is 10.8. The van der Waals surface area contributed by atoms with Crippen LogP contribution in [-0.4, -0.2) is 71.4 Å². The SMILES string of the molecule is CCN(CC1=C(c2ccc(Cl)cc2)C(=O)N(C)C1(CC)CC)C(=O)[C@@H](COCc1ccccc1)NC(=O)C(C)(C)N. The number of amides is 3. The van der Waals surface area contributed by atoms with E-state index in [1.165, 1.54) is 0 Å². The maximum Gasteiger partial charge on any atom is 0.255 e. The first-order valence-corrected chi connectivity index (χ1v) is 14.5. The summed E-state index contributed by atoms with van der Waals surface area (Å²) in [5, 5.41) is 3.39. The number of benzene rings is 2. The first-order valence-electron chi connectivity index (χ1n) is 14.2. The van der Waals surface area contributed by atoms with Crippen LogP contribution >= 0.6 is 11.6 Å². The Morgan fingerprint density at radius 1 is 1.07 bits per heavy atom. The summed E-state index contributed by atoms with van der Waals surface area (Å²) >= 11 is 6.15. The van der Waals surface area contributed by atoms with Crippen molar-refractivity contribution in [3.8, 4) is 0 Å². The second-order valence-electron chi connectivity index (χ2n) is 11.1. The van der Waals surface area contributed by atoms with Crippen molar-refractivity contribution >= 4 is 34.9 Å². The summed E-state index contributed by atoms with van der Waals surface area (Å²) in [5.41, 5.74) is 7.49. The van der Waals surface area contributed by atoms with Crippen molar-refractivity contribution in [2.75, 3.05) is 26.7 Å². The number of nitrogens with zero attached hydrogens (tertiary/aromatic N) is 2. The molecule has 41 heavy (non-hydrogen) atoms. The minimum absolute atomic E-state index is 0.0271. The third kappa shape index (κ3) is 7.18. The van der Waals surface area contributed by atoms with Crippen molar-refractivity contribution in [1.29, 1.82) is 0 Å². The maximum absolute atomic E-state index is 14.1.